The van der Waals surface area contributed by atoms with Crippen molar-refractivity contribution in [3.8, 4) is 5.75 Å². The van der Waals surface area contributed by atoms with Crippen LogP contribution in [0.3, 0.4) is 0 Å². The summed E-state index contributed by atoms with van der Waals surface area (Å²) in [4.78, 5) is 19.3. The Balaban J connectivity index is 1.24. The van der Waals surface area contributed by atoms with Gasteiger partial charge in [-0.05, 0) is 49.4 Å². The second-order valence-corrected chi connectivity index (χ2v) is 7.96. The molecule has 6 heteroatoms. The molecule has 29 heavy (non-hydrogen) atoms. The van der Waals surface area contributed by atoms with Gasteiger partial charge in [0.2, 0.25) is 0 Å². The molecule has 1 unspecified atom stereocenters. The third-order valence-electron chi connectivity index (χ3n) is 5.69. The van der Waals surface area contributed by atoms with Gasteiger partial charge in [0, 0.05) is 55.8 Å². The largest absolute Gasteiger partial charge is 0.489 e. The molecule has 2 fully saturated rings. The maximum absolute atomic E-state index is 12.7. The second-order valence-electron chi connectivity index (χ2n) is 7.96. The van der Waals surface area contributed by atoms with Crippen LogP contribution in [0, 0.1) is 5.92 Å². The first-order chi connectivity index (χ1) is 14.3. The Hall–Kier alpha value is -2.44. The molecule has 1 aromatic heterocycles. The molecule has 154 valence electrons. The highest BCUT2D eigenvalue weighted by molar-refractivity contribution is 5.94. The van der Waals surface area contributed by atoms with E-state index >= 15 is 0 Å². The predicted molar refractivity (Wildman–Crippen MR) is 111 cm³/mol. The molecule has 0 saturated carbocycles. The number of rotatable bonds is 7. The Morgan fingerprint density at radius 1 is 1.21 bits per heavy atom. The van der Waals surface area contributed by atoms with Crippen LogP contribution >= 0.6 is 0 Å². The lowest BCUT2D eigenvalue weighted by atomic mass is 10.0. The zero-order chi connectivity index (χ0) is 19.9. The van der Waals surface area contributed by atoms with Crippen LogP contribution in [0.1, 0.15) is 35.2 Å². The zero-order valence-electron chi connectivity index (χ0n) is 16.8. The van der Waals surface area contributed by atoms with E-state index in [1.165, 1.54) is 6.42 Å². The number of piperidine rings is 1. The lowest BCUT2D eigenvalue weighted by Gasteiger charge is -2.33. The van der Waals surface area contributed by atoms with Gasteiger partial charge in [0.15, 0.2) is 0 Å². The van der Waals surface area contributed by atoms with E-state index in [-0.39, 0.29) is 11.9 Å². The van der Waals surface area contributed by atoms with Gasteiger partial charge >= 0.3 is 0 Å². The van der Waals surface area contributed by atoms with Crippen molar-refractivity contribution in [2.75, 3.05) is 32.8 Å². The fourth-order valence-corrected chi connectivity index (χ4v) is 4.00. The first-order valence-corrected chi connectivity index (χ1v) is 10.5. The van der Waals surface area contributed by atoms with Crippen molar-refractivity contribution < 1.29 is 14.3 Å². The highest BCUT2D eigenvalue weighted by Gasteiger charge is 2.24. The second kappa shape index (κ2) is 9.85. The maximum atomic E-state index is 12.7. The van der Waals surface area contributed by atoms with E-state index in [1.54, 1.807) is 18.5 Å². The number of amides is 1. The van der Waals surface area contributed by atoms with Crippen molar-refractivity contribution in [1.29, 1.82) is 0 Å². The van der Waals surface area contributed by atoms with Gasteiger partial charge in [-0.15, -0.1) is 0 Å². The third-order valence-corrected chi connectivity index (χ3v) is 5.69. The number of hydrogen-bond acceptors (Lipinski definition) is 5. The molecule has 3 heterocycles. The van der Waals surface area contributed by atoms with Crippen LogP contribution in [0.5, 0.6) is 5.75 Å². The number of hydrogen-bond donors (Lipinski definition) is 1. The molecular weight excluding hydrogens is 366 g/mol. The summed E-state index contributed by atoms with van der Waals surface area (Å²) in [5.74, 6) is 1.34. The zero-order valence-corrected chi connectivity index (χ0v) is 16.8. The van der Waals surface area contributed by atoms with Gasteiger partial charge in [-0.3, -0.25) is 9.78 Å². The smallest absolute Gasteiger partial charge is 0.251 e. The molecule has 1 atom stereocenters. The van der Waals surface area contributed by atoms with Crippen LogP contribution in [-0.2, 0) is 11.3 Å². The molecule has 1 amide bonds. The monoisotopic (exact) mass is 395 g/mol. The summed E-state index contributed by atoms with van der Waals surface area (Å²) >= 11 is 0. The van der Waals surface area contributed by atoms with Crippen LogP contribution in [-0.4, -0.2) is 54.7 Å². The van der Waals surface area contributed by atoms with Crippen LogP contribution in [0.25, 0.3) is 0 Å². The van der Waals surface area contributed by atoms with Crippen molar-refractivity contribution in [3.05, 3.63) is 59.9 Å². The van der Waals surface area contributed by atoms with Gasteiger partial charge in [0.05, 0.1) is 6.61 Å². The summed E-state index contributed by atoms with van der Waals surface area (Å²) in [7, 11) is 0. The van der Waals surface area contributed by atoms with Crippen molar-refractivity contribution in [2.24, 2.45) is 5.92 Å². The Labute approximate surface area is 172 Å². The molecule has 0 radical (unpaired) electrons. The number of aromatic nitrogens is 1. The van der Waals surface area contributed by atoms with Gasteiger partial charge in [0.1, 0.15) is 12.4 Å². The minimum atomic E-state index is -0.0283. The minimum absolute atomic E-state index is 0.0283. The molecule has 2 aliphatic rings. The molecule has 1 N–H and O–H groups in total. The number of carbonyl (C=O) groups is 1. The number of likely N-dealkylation sites (tertiary alicyclic amines) is 1. The molecule has 2 aliphatic heterocycles. The predicted octanol–water partition coefficient (Wildman–Crippen LogP) is 2.89. The molecule has 1 aromatic carbocycles. The highest BCUT2D eigenvalue weighted by atomic mass is 16.5. The summed E-state index contributed by atoms with van der Waals surface area (Å²) in [6.07, 6.45) is 6.69. The van der Waals surface area contributed by atoms with Gasteiger partial charge in [-0.25, -0.2) is 0 Å². The van der Waals surface area contributed by atoms with Crippen molar-refractivity contribution >= 4 is 5.91 Å². The normalized spacial score (nSPS) is 20.5. The van der Waals surface area contributed by atoms with E-state index in [1.807, 2.05) is 30.3 Å². The average Bonchev–Trinajstić information content (AvgIpc) is 3.28. The van der Waals surface area contributed by atoms with Gasteiger partial charge < -0.3 is 19.7 Å². The maximum Gasteiger partial charge on any atom is 0.251 e. The number of carbonyl (C=O) groups excluding carboxylic acids is 1. The quantitative estimate of drug-likeness (QED) is 0.781. The van der Waals surface area contributed by atoms with Gasteiger partial charge in [-0.1, -0.05) is 12.1 Å². The van der Waals surface area contributed by atoms with Crippen LogP contribution < -0.4 is 10.1 Å². The summed E-state index contributed by atoms with van der Waals surface area (Å²) in [5.41, 5.74) is 1.64. The number of nitrogens with one attached hydrogen (secondary N) is 1. The van der Waals surface area contributed by atoms with Crippen LogP contribution in [0.2, 0.25) is 0 Å². The SMILES string of the molecule is O=C(NC1CCN(CC2CCOC2)CC1)c1cccc(OCc2cccnc2)c1. The Morgan fingerprint density at radius 3 is 2.86 bits per heavy atom. The van der Waals surface area contributed by atoms with Crippen molar-refractivity contribution in [2.45, 2.75) is 31.9 Å². The van der Waals surface area contributed by atoms with Crippen LogP contribution in [0.15, 0.2) is 48.8 Å². The van der Waals surface area contributed by atoms with E-state index in [0.717, 1.165) is 51.3 Å². The molecule has 6 nitrogen and oxygen atoms in total. The summed E-state index contributed by atoms with van der Waals surface area (Å²) in [6.45, 7) is 5.43. The van der Waals surface area contributed by atoms with E-state index in [0.29, 0.717) is 23.8 Å². The lowest BCUT2D eigenvalue weighted by Crippen LogP contribution is -2.45. The average molecular weight is 396 g/mol. The lowest BCUT2D eigenvalue weighted by molar-refractivity contribution is 0.0903. The summed E-state index contributed by atoms with van der Waals surface area (Å²) in [5, 5.41) is 3.19. The summed E-state index contributed by atoms with van der Waals surface area (Å²) < 4.78 is 11.3. The Morgan fingerprint density at radius 2 is 2.10 bits per heavy atom. The molecule has 0 aliphatic carbocycles. The Kier molecular flexibility index (Phi) is 6.75. The standard InChI is InChI=1S/C23H29N3O3/c27-23(25-21-6-10-26(11-7-21)15-19-8-12-28-16-19)20-4-1-5-22(13-20)29-17-18-3-2-9-24-14-18/h1-5,9,13-14,19,21H,6-8,10-12,15-17H2,(H,25,27). The van der Waals surface area contributed by atoms with E-state index in [4.69, 9.17) is 9.47 Å². The highest BCUT2D eigenvalue weighted by Crippen LogP contribution is 2.19. The third kappa shape index (κ3) is 5.78. The molecule has 4 rings (SSSR count). The molecule has 0 bridgehead atoms. The first kappa shape index (κ1) is 19.9. The van der Waals surface area contributed by atoms with E-state index in [9.17, 15) is 4.79 Å². The number of ether oxygens (including phenoxy) is 2. The van der Waals surface area contributed by atoms with Crippen molar-refractivity contribution in [3.63, 3.8) is 0 Å². The topological polar surface area (TPSA) is 63.7 Å². The van der Waals surface area contributed by atoms with Crippen molar-refractivity contribution in [1.82, 2.24) is 15.2 Å². The Bertz CT molecular complexity index is 785. The fourth-order valence-electron chi connectivity index (χ4n) is 4.00. The van der Waals surface area contributed by atoms with Gasteiger partial charge in [-0.2, -0.15) is 0 Å². The van der Waals surface area contributed by atoms with Gasteiger partial charge in [0.25, 0.3) is 5.91 Å². The first-order valence-electron chi connectivity index (χ1n) is 10.5. The molecule has 2 aromatic rings. The van der Waals surface area contributed by atoms with E-state index < -0.39 is 0 Å². The number of pyridine rings is 1. The van der Waals surface area contributed by atoms with E-state index in [2.05, 4.69) is 15.2 Å². The van der Waals surface area contributed by atoms with Crippen LogP contribution in [0.4, 0.5) is 0 Å². The minimum Gasteiger partial charge on any atom is -0.489 e. The number of nitrogens with zero attached hydrogens (tertiary/aromatic N) is 2. The molecule has 0 spiro atoms. The fraction of sp³-hybridized carbons (Fsp3) is 0.478. The molecular formula is C23H29N3O3. The molecule has 2 saturated heterocycles. The number of benzene rings is 1. The summed E-state index contributed by atoms with van der Waals surface area (Å²) in [6, 6.07) is 11.5.